The molecule has 2 N–H and O–H groups in total. The minimum absolute atomic E-state index is 0.0423. The number of morpholine rings is 1. The fourth-order valence-corrected chi connectivity index (χ4v) is 8.16. The van der Waals surface area contributed by atoms with Gasteiger partial charge in [0, 0.05) is 73.3 Å². The number of benzene rings is 1. The van der Waals surface area contributed by atoms with E-state index in [0.29, 0.717) is 73.1 Å². The number of imide groups is 1. The van der Waals surface area contributed by atoms with Gasteiger partial charge >= 0.3 is 0 Å². The van der Waals surface area contributed by atoms with E-state index in [4.69, 9.17) is 24.1 Å². The van der Waals surface area contributed by atoms with Crippen molar-refractivity contribution in [2.45, 2.75) is 45.4 Å². The summed E-state index contributed by atoms with van der Waals surface area (Å²) in [5.41, 5.74) is 6.13. The molecule has 0 saturated carbocycles. The molecule has 6 aromatic rings. The van der Waals surface area contributed by atoms with E-state index in [-0.39, 0.29) is 41.9 Å². The lowest BCUT2D eigenvalue weighted by atomic mass is 9.88. The number of hydrogen-bond donors (Lipinski definition) is 2. The SMILES string of the molecule is Cc1cc(-c2ncc3c(n2)CCCN3c2nc(N3CCOCC3)cc3c2cc(C)c(=O)n3C)cnc1C(=O)NCC#Cc1cc2c(C3CCC(=O)NC3=O)cccc2o1. The van der Waals surface area contributed by atoms with Crippen LogP contribution in [-0.4, -0.2) is 81.6 Å². The van der Waals surface area contributed by atoms with Gasteiger partial charge in [-0.05, 0) is 68.4 Å². The number of pyridine rings is 3. The zero-order valence-electron chi connectivity index (χ0n) is 32.9. The molecule has 3 aliphatic rings. The predicted octanol–water partition coefficient (Wildman–Crippen LogP) is 4.37. The van der Waals surface area contributed by atoms with Crippen molar-refractivity contribution >= 4 is 56.9 Å². The number of rotatable bonds is 6. The Morgan fingerprint density at radius 3 is 2.63 bits per heavy atom. The van der Waals surface area contributed by atoms with Crippen molar-refractivity contribution in [1.82, 2.24) is 35.1 Å². The maximum Gasteiger partial charge on any atom is 0.270 e. The molecule has 5 aromatic heterocycles. The Bertz CT molecular complexity index is 2830. The highest BCUT2D eigenvalue weighted by atomic mass is 16.5. The predicted molar refractivity (Wildman–Crippen MR) is 221 cm³/mol. The first-order chi connectivity index (χ1) is 28.6. The quantitative estimate of drug-likeness (QED) is 0.180. The summed E-state index contributed by atoms with van der Waals surface area (Å²) >= 11 is 0. The van der Waals surface area contributed by atoms with E-state index in [1.54, 1.807) is 29.9 Å². The lowest BCUT2D eigenvalue weighted by Crippen LogP contribution is -2.39. The van der Waals surface area contributed by atoms with Gasteiger partial charge in [-0.25, -0.2) is 15.0 Å². The van der Waals surface area contributed by atoms with E-state index in [2.05, 4.69) is 37.3 Å². The number of aromatic nitrogens is 5. The van der Waals surface area contributed by atoms with E-state index >= 15 is 0 Å². The summed E-state index contributed by atoms with van der Waals surface area (Å²) in [5.74, 6) is 6.95. The van der Waals surface area contributed by atoms with Crippen LogP contribution in [0.15, 0.2) is 64.1 Å². The van der Waals surface area contributed by atoms with E-state index in [1.165, 1.54) is 0 Å². The third kappa shape index (κ3) is 7.16. The number of anilines is 3. The van der Waals surface area contributed by atoms with Gasteiger partial charge in [0.25, 0.3) is 11.5 Å². The van der Waals surface area contributed by atoms with Crippen LogP contribution in [0.4, 0.5) is 17.3 Å². The summed E-state index contributed by atoms with van der Waals surface area (Å²) in [6.07, 6.45) is 5.74. The number of amides is 3. The zero-order valence-corrected chi connectivity index (χ0v) is 32.9. The highest BCUT2D eigenvalue weighted by Gasteiger charge is 2.30. The van der Waals surface area contributed by atoms with Gasteiger partial charge in [-0.1, -0.05) is 18.1 Å². The van der Waals surface area contributed by atoms with E-state index < -0.39 is 5.92 Å². The van der Waals surface area contributed by atoms with Gasteiger partial charge in [0.2, 0.25) is 11.8 Å². The fraction of sp³-hybridized carbons (Fsp3) is 0.318. The van der Waals surface area contributed by atoms with Crippen LogP contribution in [0.5, 0.6) is 0 Å². The molecule has 15 heteroatoms. The van der Waals surface area contributed by atoms with E-state index in [0.717, 1.165) is 57.7 Å². The zero-order chi connectivity index (χ0) is 40.8. The van der Waals surface area contributed by atoms with Gasteiger partial charge in [0.15, 0.2) is 11.6 Å². The van der Waals surface area contributed by atoms with Crippen LogP contribution in [0, 0.1) is 25.7 Å². The minimum Gasteiger partial charge on any atom is -0.448 e. The molecule has 9 rings (SSSR count). The Balaban J connectivity index is 0.918. The lowest BCUT2D eigenvalue weighted by molar-refractivity contribution is -0.134. The number of furan rings is 1. The normalized spacial score (nSPS) is 16.8. The second kappa shape index (κ2) is 15.4. The molecule has 2 fully saturated rings. The van der Waals surface area contributed by atoms with Crippen molar-refractivity contribution in [3.63, 3.8) is 0 Å². The standard InChI is InChI=1S/C44H41N9O6/c1-25-19-27(23-46-39(25)43(56)45-13-5-7-28-21-31-29(8-4-10-36(31)59-28)30-11-12-38(54)50-42(30)55)40-47-24-35-33(48-40)9-6-14-53(35)41-32-20-26(2)44(57)51(3)34(32)22-37(49-41)52-15-17-58-18-16-52/h4,8,10,19-24,30H,6,9,11-18H2,1-3H3,(H,45,56)(H,50,54,55). The molecule has 298 valence electrons. The second-order valence-electron chi connectivity index (χ2n) is 15.1. The summed E-state index contributed by atoms with van der Waals surface area (Å²) in [7, 11) is 1.80. The molecule has 0 aliphatic carbocycles. The summed E-state index contributed by atoms with van der Waals surface area (Å²) in [6.45, 7) is 7.07. The third-order valence-corrected chi connectivity index (χ3v) is 11.2. The first-order valence-corrected chi connectivity index (χ1v) is 19.7. The number of nitrogens with one attached hydrogen (secondary N) is 2. The van der Waals surface area contributed by atoms with Gasteiger partial charge < -0.3 is 28.8 Å². The van der Waals surface area contributed by atoms with Crippen molar-refractivity contribution in [2.75, 3.05) is 49.2 Å². The Labute approximate surface area is 338 Å². The van der Waals surface area contributed by atoms with Crippen LogP contribution >= 0.6 is 0 Å². The Morgan fingerprint density at radius 1 is 0.966 bits per heavy atom. The average Bonchev–Trinajstić information content (AvgIpc) is 3.67. The van der Waals surface area contributed by atoms with Crippen LogP contribution in [0.3, 0.4) is 0 Å². The van der Waals surface area contributed by atoms with Crippen LogP contribution in [0.25, 0.3) is 33.3 Å². The second-order valence-corrected chi connectivity index (χ2v) is 15.1. The van der Waals surface area contributed by atoms with Crippen molar-refractivity contribution in [1.29, 1.82) is 0 Å². The topological polar surface area (TPSA) is 178 Å². The molecule has 8 heterocycles. The first-order valence-electron chi connectivity index (χ1n) is 19.7. The number of aryl methyl sites for hydroxylation is 4. The average molecular weight is 792 g/mol. The van der Waals surface area contributed by atoms with Crippen LogP contribution in [0.2, 0.25) is 0 Å². The van der Waals surface area contributed by atoms with E-state index in [1.807, 2.05) is 50.4 Å². The Hall–Kier alpha value is -6.92. The Kier molecular flexibility index (Phi) is 9.85. The summed E-state index contributed by atoms with van der Waals surface area (Å²) in [6, 6.07) is 13.0. The molecule has 3 aliphatic heterocycles. The number of nitrogens with zero attached hydrogens (tertiary/aromatic N) is 7. The maximum atomic E-state index is 13.2. The van der Waals surface area contributed by atoms with Crippen molar-refractivity contribution < 1.29 is 23.5 Å². The molecule has 0 spiro atoms. The van der Waals surface area contributed by atoms with Gasteiger partial charge in [0.05, 0.1) is 48.8 Å². The summed E-state index contributed by atoms with van der Waals surface area (Å²) in [5, 5.41) is 6.87. The number of piperidine rings is 1. The smallest absolute Gasteiger partial charge is 0.270 e. The summed E-state index contributed by atoms with van der Waals surface area (Å²) in [4.78, 5) is 74.2. The van der Waals surface area contributed by atoms with Gasteiger partial charge in [-0.3, -0.25) is 29.5 Å². The molecule has 1 aromatic carbocycles. The molecule has 1 atom stereocenters. The largest absolute Gasteiger partial charge is 0.448 e. The maximum absolute atomic E-state index is 13.2. The summed E-state index contributed by atoms with van der Waals surface area (Å²) < 4.78 is 13.2. The number of fused-ring (bicyclic) bond motifs is 3. The molecule has 2 saturated heterocycles. The number of carbonyl (C=O) groups excluding carboxylic acids is 3. The third-order valence-electron chi connectivity index (χ3n) is 11.2. The molecule has 59 heavy (non-hydrogen) atoms. The fourth-order valence-electron chi connectivity index (χ4n) is 8.16. The highest BCUT2D eigenvalue weighted by Crippen LogP contribution is 2.38. The van der Waals surface area contributed by atoms with Crippen LogP contribution < -0.4 is 26.0 Å². The van der Waals surface area contributed by atoms with Crippen LogP contribution in [0.1, 0.15) is 63.8 Å². The first kappa shape index (κ1) is 37.6. The molecule has 1 unspecified atom stereocenters. The molecule has 0 radical (unpaired) electrons. The molecule has 15 nitrogen and oxygen atoms in total. The van der Waals surface area contributed by atoms with Gasteiger partial charge in [-0.15, -0.1) is 0 Å². The van der Waals surface area contributed by atoms with Crippen molar-refractivity contribution in [3.05, 3.63) is 99.1 Å². The van der Waals surface area contributed by atoms with Crippen LogP contribution in [-0.2, 0) is 27.8 Å². The highest BCUT2D eigenvalue weighted by molar-refractivity contribution is 6.03. The molecule has 3 amide bonds. The van der Waals surface area contributed by atoms with E-state index in [9.17, 15) is 19.2 Å². The molecular weight excluding hydrogens is 751 g/mol. The van der Waals surface area contributed by atoms with Gasteiger partial charge in [0.1, 0.15) is 22.9 Å². The molecule has 0 bridgehead atoms. The Morgan fingerprint density at radius 2 is 1.81 bits per heavy atom. The monoisotopic (exact) mass is 791 g/mol. The van der Waals surface area contributed by atoms with Crippen molar-refractivity contribution in [2.24, 2.45) is 7.05 Å². The number of ether oxygens (including phenoxy) is 1. The number of carbonyl (C=O) groups is 3. The lowest BCUT2D eigenvalue weighted by Gasteiger charge is -2.33. The van der Waals surface area contributed by atoms with Crippen molar-refractivity contribution in [3.8, 4) is 23.2 Å². The molecular formula is C44H41N9O6. The minimum atomic E-state index is -0.447. The number of hydrogen-bond acceptors (Lipinski definition) is 12. The van der Waals surface area contributed by atoms with Gasteiger partial charge in [-0.2, -0.15) is 0 Å².